The molecule has 5 nitrogen and oxygen atoms in total. The number of likely N-dealkylation sites (tertiary alicyclic amines) is 1. The smallest absolute Gasteiger partial charge is 0.251 e. The third-order valence-electron chi connectivity index (χ3n) is 4.87. The van der Waals surface area contributed by atoms with Crippen molar-refractivity contribution in [2.45, 2.75) is 25.3 Å². The first kappa shape index (κ1) is 17.5. The van der Waals surface area contributed by atoms with E-state index < -0.39 is 0 Å². The molecule has 0 saturated carbocycles. The van der Waals surface area contributed by atoms with Gasteiger partial charge in [0.2, 0.25) is 0 Å². The molecule has 1 aliphatic heterocycles. The van der Waals surface area contributed by atoms with Gasteiger partial charge in [0.15, 0.2) is 0 Å². The van der Waals surface area contributed by atoms with Gasteiger partial charge in [-0.3, -0.25) is 14.7 Å². The van der Waals surface area contributed by atoms with Crippen LogP contribution in [0.25, 0.3) is 11.4 Å². The van der Waals surface area contributed by atoms with Crippen molar-refractivity contribution in [1.29, 1.82) is 0 Å². The Bertz CT molecular complexity index is 973. The van der Waals surface area contributed by atoms with Gasteiger partial charge < -0.3 is 4.98 Å². The van der Waals surface area contributed by atoms with Crippen LogP contribution in [0.3, 0.4) is 0 Å². The molecule has 3 aromatic rings. The molecule has 4 rings (SSSR count). The fraction of sp³-hybridized carbons (Fsp3) is 0.286. The Labute approximate surface area is 156 Å². The van der Waals surface area contributed by atoms with Gasteiger partial charge in [0, 0.05) is 31.3 Å². The number of aromatic nitrogens is 3. The average Bonchev–Trinajstić information content (AvgIpc) is 2.68. The molecule has 6 heteroatoms. The Morgan fingerprint density at radius 1 is 1.15 bits per heavy atom. The van der Waals surface area contributed by atoms with Crippen molar-refractivity contribution in [3.05, 3.63) is 82.3 Å². The highest BCUT2D eigenvalue weighted by Gasteiger charge is 2.24. The molecule has 0 amide bonds. The van der Waals surface area contributed by atoms with Gasteiger partial charge in [0.1, 0.15) is 11.6 Å². The summed E-state index contributed by atoms with van der Waals surface area (Å²) in [7, 11) is 0. The molecular formula is C21H21FN4O. The second kappa shape index (κ2) is 7.80. The lowest BCUT2D eigenvalue weighted by Crippen LogP contribution is -2.35. The van der Waals surface area contributed by atoms with E-state index in [1.807, 2.05) is 24.3 Å². The van der Waals surface area contributed by atoms with Crippen LogP contribution < -0.4 is 5.56 Å². The quantitative estimate of drug-likeness (QED) is 0.771. The summed E-state index contributed by atoms with van der Waals surface area (Å²) in [6.07, 6.45) is 3.67. The van der Waals surface area contributed by atoms with Crippen LogP contribution in [0.2, 0.25) is 0 Å². The van der Waals surface area contributed by atoms with Crippen molar-refractivity contribution in [3.8, 4) is 11.4 Å². The Hall–Kier alpha value is -2.86. The van der Waals surface area contributed by atoms with Crippen LogP contribution in [-0.4, -0.2) is 32.9 Å². The molecular weight excluding hydrogens is 343 g/mol. The summed E-state index contributed by atoms with van der Waals surface area (Å²) in [4.78, 5) is 26.3. The van der Waals surface area contributed by atoms with Crippen molar-refractivity contribution in [1.82, 2.24) is 19.9 Å². The van der Waals surface area contributed by atoms with Gasteiger partial charge in [-0.2, -0.15) is 0 Å². The minimum Gasteiger partial charge on any atom is -0.310 e. The first-order valence-corrected chi connectivity index (χ1v) is 9.17. The lowest BCUT2D eigenvalue weighted by Gasteiger charge is -2.32. The van der Waals surface area contributed by atoms with E-state index in [-0.39, 0.29) is 17.3 Å². The van der Waals surface area contributed by atoms with Crippen molar-refractivity contribution >= 4 is 0 Å². The molecule has 2 aromatic heterocycles. The van der Waals surface area contributed by atoms with Crippen LogP contribution >= 0.6 is 0 Å². The van der Waals surface area contributed by atoms with Gasteiger partial charge >= 0.3 is 0 Å². The Kier molecular flexibility index (Phi) is 5.07. The normalized spacial score (nSPS) is 17.7. The van der Waals surface area contributed by atoms with Crippen molar-refractivity contribution in [2.24, 2.45) is 0 Å². The highest BCUT2D eigenvalue weighted by molar-refractivity contribution is 5.52. The first-order chi connectivity index (χ1) is 13.2. The standard InChI is InChI=1S/C21H21FN4O/c22-17-7-3-5-15(11-17)13-26-10-4-6-16(14-26)21-24-19(12-20(27)25-21)18-8-1-2-9-23-18/h1-3,5,7-9,11-12,16H,4,6,10,13-14H2,(H,24,25,27)/t16-/m0/s1. The summed E-state index contributed by atoms with van der Waals surface area (Å²) in [5, 5.41) is 0. The molecule has 1 fully saturated rings. The molecule has 0 bridgehead atoms. The number of pyridine rings is 1. The van der Waals surface area contributed by atoms with Crippen LogP contribution in [-0.2, 0) is 6.54 Å². The number of aromatic amines is 1. The maximum atomic E-state index is 13.4. The molecule has 0 unspecified atom stereocenters. The maximum absolute atomic E-state index is 13.4. The van der Waals surface area contributed by atoms with Crippen molar-refractivity contribution in [2.75, 3.05) is 13.1 Å². The van der Waals surface area contributed by atoms with Gasteiger partial charge in [0.25, 0.3) is 5.56 Å². The molecule has 1 saturated heterocycles. The number of hydrogen-bond acceptors (Lipinski definition) is 4. The molecule has 3 heterocycles. The number of halogens is 1. The molecule has 27 heavy (non-hydrogen) atoms. The lowest BCUT2D eigenvalue weighted by atomic mass is 9.96. The van der Waals surface area contributed by atoms with E-state index in [0.29, 0.717) is 23.8 Å². The minimum atomic E-state index is -0.213. The number of H-pyrrole nitrogens is 1. The zero-order chi connectivity index (χ0) is 18.6. The van der Waals surface area contributed by atoms with E-state index >= 15 is 0 Å². The van der Waals surface area contributed by atoms with E-state index in [0.717, 1.165) is 31.5 Å². The van der Waals surface area contributed by atoms with E-state index in [4.69, 9.17) is 0 Å². The molecule has 0 spiro atoms. The third-order valence-corrected chi connectivity index (χ3v) is 4.87. The summed E-state index contributed by atoms with van der Waals surface area (Å²) in [5.74, 6) is 0.630. The molecule has 0 aliphatic carbocycles. The fourth-order valence-electron chi connectivity index (χ4n) is 3.63. The zero-order valence-corrected chi connectivity index (χ0v) is 14.9. The van der Waals surface area contributed by atoms with Crippen molar-refractivity contribution < 1.29 is 4.39 Å². The molecule has 1 atom stereocenters. The Morgan fingerprint density at radius 3 is 2.89 bits per heavy atom. The molecule has 1 aromatic carbocycles. The third kappa shape index (κ3) is 4.28. The molecule has 0 radical (unpaired) electrons. The molecule has 138 valence electrons. The number of hydrogen-bond donors (Lipinski definition) is 1. The summed E-state index contributed by atoms with van der Waals surface area (Å²) in [6.45, 7) is 2.43. The summed E-state index contributed by atoms with van der Waals surface area (Å²) < 4.78 is 13.4. The zero-order valence-electron chi connectivity index (χ0n) is 14.9. The van der Waals surface area contributed by atoms with E-state index in [1.54, 1.807) is 18.3 Å². The number of nitrogens with zero attached hydrogens (tertiary/aromatic N) is 3. The van der Waals surface area contributed by atoms with Crippen LogP contribution in [0, 0.1) is 5.82 Å². The number of benzene rings is 1. The SMILES string of the molecule is O=c1cc(-c2ccccn2)nc([C@H]2CCCN(Cc3cccc(F)c3)C2)[nH]1. The summed E-state index contributed by atoms with van der Waals surface area (Å²) >= 11 is 0. The molecule has 1 aliphatic rings. The van der Waals surface area contributed by atoms with Crippen LogP contribution in [0.5, 0.6) is 0 Å². The van der Waals surface area contributed by atoms with E-state index in [9.17, 15) is 9.18 Å². The highest BCUT2D eigenvalue weighted by Crippen LogP contribution is 2.26. The van der Waals surface area contributed by atoms with Crippen LogP contribution in [0.4, 0.5) is 4.39 Å². The number of nitrogens with one attached hydrogen (secondary N) is 1. The van der Waals surface area contributed by atoms with Gasteiger partial charge in [-0.25, -0.2) is 9.37 Å². The highest BCUT2D eigenvalue weighted by atomic mass is 19.1. The van der Waals surface area contributed by atoms with Gasteiger partial charge in [-0.1, -0.05) is 18.2 Å². The summed E-state index contributed by atoms with van der Waals surface area (Å²) in [5.41, 5.74) is 2.08. The lowest BCUT2D eigenvalue weighted by molar-refractivity contribution is 0.196. The number of rotatable bonds is 4. The van der Waals surface area contributed by atoms with E-state index in [2.05, 4.69) is 19.9 Å². The fourth-order valence-corrected chi connectivity index (χ4v) is 3.63. The molecule has 1 N–H and O–H groups in total. The average molecular weight is 364 g/mol. The Morgan fingerprint density at radius 2 is 2.07 bits per heavy atom. The van der Waals surface area contributed by atoms with Gasteiger partial charge in [-0.15, -0.1) is 0 Å². The monoisotopic (exact) mass is 364 g/mol. The second-order valence-electron chi connectivity index (χ2n) is 6.94. The van der Waals surface area contributed by atoms with Crippen molar-refractivity contribution in [3.63, 3.8) is 0 Å². The second-order valence-corrected chi connectivity index (χ2v) is 6.94. The van der Waals surface area contributed by atoms with E-state index in [1.165, 1.54) is 12.1 Å². The largest absolute Gasteiger partial charge is 0.310 e. The van der Waals surface area contributed by atoms with Crippen LogP contribution in [0.15, 0.2) is 59.5 Å². The van der Waals surface area contributed by atoms with Gasteiger partial charge in [-0.05, 0) is 49.2 Å². The topological polar surface area (TPSA) is 61.9 Å². The predicted octanol–water partition coefficient (Wildman–Crippen LogP) is 3.35. The Balaban J connectivity index is 1.54. The summed E-state index contributed by atoms with van der Waals surface area (Å²) in [6, 6.07) is 13.8. The first-order valence-electron chi connectivity index (χ1n) is 9.17. The van der Waals surface area contributed by atoms with Crippen LogP contribution in [0.1, 0.15) is 30.1 Å². The maximum Gasteiger partial charge on any atom is 0.251 e. The predicted molar refractivity (Wildman–Crippen MR) is 102 cm³/mol. The number of piperidine rings is 1. The van der Waals surface area contributed by atoms with Gasteiger partial charge in [0.05, 0.1) is 11.4 Å². The minimum absolute atomic E-state index is 0.142.